The second kappa shape index (κ2) is 6.44. The standard InChI is InChI=1S/C16H23N3O3/c1-3-17-15(19-8-16(2)9-20-10-16)18-7-12-4-5-13-14(6-12)22-11-21-13/h4-6H,3,7-11H2,1-2H3,(H2,17,18,19). The molecular weight excluding hydrogens is 282 g/mol. The highest BCUT2D eigenvalue weighted by molar-refractivity contribution is 5.79. The summed E-state index contributed by atoms with van der Waals surface area (Å²) in [7, 11) is 0. The Kier molecular flexibility index (Phi) is 4.38. The van der Waals surface area contributed by atoms with Gasteiger partial charge < -0.3 is 24.8 Å². The third-order valence-corrected chi connectivity index (χ3v) is 3.78. The summed E-state index contributed by atoms with van der Waals surface area (Å²) in [5.74, 6) is 2.42. The molecule has 2 aliphatic heterocycles. The van der Waals surface area contributed by atoms with E-state index in [0.29, 0.717) is 13.3 Å². The minimum absolute atomic E-state index is 0.217. The Balaban J connectivity index is 1.59. The van der Waals surface area contributed by atoms with Crippen LogP contribution >= 0.6 is 0 Å². The zero-order chi connectivity index (χ0) is 15.4. The van der Waals surface area contributed by atoms with Gasteiger partial charge in [0.15, 0.2) is 17.5 Å². The van der Waals surface area contributed by atoms with E-state index in [1.807, 2.05) is 18.2 Å². The quantitative estimate of drug-likeness (QED) is 0.638. The maximum absolute atomic E-state index is 5.39. The molecule has 0 saturated carbocycles. The maximum atomic E-state index is 5.39. The molecule has 6 nitrogen and oxygen atoms in total. The average molecular weight is 305 g/mol. The van der Waals surface area contributed by atoms with Gasteiger partial charge >= 0.3 is 0 Å². The smallest absolute Gasteiger partial charge is 0.231 e. The van der Waals surface area contributed by atoms with Crippen molar-refractivity contribution in [2.45, 2.75) is 20.4 Å². The van der Waals surface area contributed by atoms with Crippen molar-refractivity contribution in [3.05, 3.63) is 23.8 Å². The molecule has 2 aliphatic rings. The largest absolute Gasteiger partial charge is 0.454 e. The average Bonchev–Trinajstić information content (AvgIpc) is 2.95. The summed E-state index contributed by atoms with van der Waals surface area (Å²) in [6.45, 7) is 8.48. The molecule has 0 bridgehead atoms. The molecule has 0 aliphatic carbocycles. The van der Waals surface area contributed by atoms with E-state index in [1.165, 1.54) is 0 Å². The Bertz CT molecular complexity index is 556. The van der Waals surface area contributed by atoms with E-state index in [9.17, 15) is 0 Å². The molecule has 1 fully saturated rings. The third kappa shape index (κ3) is 3.44. The first-order chi connectivity index (χ1) is 10.7. The number of hydrogen-bond acceptors (Lipinski definition) is 4. The molecule has 0 spiro atoms. The maximum Gasteiger partial charge on any atom is 0.231 e. The van der Waals surface area contributed by atoms with E-state index in [1.54, 1.807) is 0 Å². The fourth-order valence-corrected chi connectivity index (χ4v) is 2.40. The van der Waals surface area contributed by atoms with Crippen LogP contribution in [0.1, 0.15) is 19.4 Å². The predicted molar refractivity (Wildman–Crippen MR) is 84.3 cm³/mol. The van der Waals surface area contributed by atoms with Gasteiger partial charge in [-0.15, -0.1) is 0 Å². The monoisotopic (exact) mass is 305 g/mol. The molecule has 6 heteroatoms. The van der Waals surface area contributed by atoms with Crippen LogP contribution in [-0.2, 0) is 11.3 Å². The molecule has 1 saturated heterocycles. The number of benzene rings is 1. The van der Waals surface area contributed by atoms with Crippen LogP contribution in [0.15, 0.2) is 23.2 Å². The summed E-state index contributed by atoms with van der Waals surface area (Å²) >= 11 is 0. The zero-order valence-electron chi connectivity index (χ0n) is 13.1. The predicted octanol–water partition coefficient (Wildman–Crippen LogP) is 1.51. The lowest BCUT2D eigenvalue weighted by molar-refractivity contribution is -0.0971. The van der Waals surface area contributed by atoms with Gasteiger partial charge in [-0.25, -0.2) is 4.99 Å². The van der Waals surface area contributed by atoms with E-state index in [-0.39, 0.29) is 5.41 Å². The number of guanidine groups is 1. The Morgan fingerprint density at radius 2 is 2.05 bits per heavy atom. The summed E-state index contributed by atoms with van der Waals surface area (Å²) in [5.41, 5.74) is 1.31. The number of nitrogens with zero attached hydrogens (tertiary/aromatic N) is 1. The van der Waals surface area contributed by atoms with Crippen LogP contribution in [0.2, 0.25) is 0 Å². The second-order valence-electron chi connectivity index (χ2n) is 6.04. The van der Waals surface area contributed by atoms with Crippen LogP contribution in [0.25, 0.3) is 0 Å². The number of nitrogens with one attached hydrogen (secondary N) is 2. The number of ether oxygens (including phenoxy) is 3. The van der Waals surface area contributed by atoms with Crippen molar-refractivity contribution in [1.29, 1.82) is 0 Å². The van der Waals surface area contributed by atoms with Gasteiger partial charge in [0.2, 0.25) is 6.79 Å². The van der Waals surface area contributed by atoms with Crippen molar-refractivity contribution in [2.24, 2.45) is 10.4 Å². The minimum Gasteiger partial charge on any atom is -0.454 e. The van der Waals surface area contributed by atoms with Gasteiger partial charge in [-0.05, 0) is 24.6 Å². The molecule has 0 radical (unpaired) electrons. The summed E-state index contributed by atoms with van der Waals surface area (Å²) in [6, 6.07) is 5.93. The van der Waals surface area contributed by atoms with E-state index >= 15 is 0 Å². The Morgan fingerprint density at radius 3 is 2.77 bits per heavy atom. The lowest BCUT2D eigenvalue weighted by Gasteiger charge is -2.38. The molecule has 22 heavy (non-hydrogen) atoms. The molecule has 1 aromatic carbocycles. The van der Waals surface area contributed by atoms with Crippen LogP contribution in [0, 0.1) is 5.41 Å². The number of fused-ring (bicyclic) bond motifs is 1. The zero-order valence-corrected chi connectivity index (χ0v) is 13.1. The second-order valence-corrected chi connectivity index (χ2v) is 6.04. The highest BCUT2D eigenvalue weighted by Gasteiger charge is 2.33. The Morgan fingerprint density at radius 1 is 1.23 bits per heavy atom. The molecule has 2 N–H and O–H groups in total. The first-order valence-corrected chi connectivity index (χ1v) is 7.67. The fraction of sp³-hybridized carbons (Fsp3) is 0.562. The number of hydrogen-bond donors (Lipinski definition) is 2. The molecular formula is C16H23N3O3. The fourth-order valence-electron chi connectivity index (χ4n) is 2.40. The highest BCUT2D eigenvalue weighted by atomic mass is 16.7. The van der Waals surface area contributed by atoms with Crippen LogP contribution in [0.3, 0.4) is 0 Å². The van der Waals surface area contributed by atoms with E-state index in [2.05, 4.69) is 29.5 Å². The first-order valence-electron chi connectivity index (χ1n) is 7.67. The van der Waals surface area contributed by atoms with Gasteiger partial charge in [-0.1, -0.05) is 13.0 Å². The van der Waals surface area contributed by atoms with Gasteiger partial charge in [-0.2, -0.15) is 0 Å². The van der Waals surface area contributed by atoms with E-state index in [4.69, 9.17) is 14.2 Å². The van der Waals surface area contributed by atoms with Crippen LogP contribution < -0.4 is 20.1 Å². The van der Waals surface area contributed by atoms with Gasteiger partial charge in [0.1, 0.15) is 0 Å². The molecule has 1 aromatic rings. The van der Waals surface area contributed by atoms with Crippen LogP contribution in [-0.4, -0.2) is 39.1 Å². The molecule has 3 rings (SSSR count). The van der Waals surface area contributed by atoms with Crippen molar-refractivity contribution >= 4 is 5.96 Å². The molecule has 0 aromatic heterocycles. The summed E-state index contributed by atoms with van der Waals surface area (Å²) in [5, 5.41) is 6.66. The SMILES string of the molecule is CCNC(=NCc1ccc2c(c1)OCO2)NCC1(C)COC1. The Labute approximate surface area is 130 Å². The van der Waals surface area contributed by atoms with Crippen LogP contribution in [0.5, 0.6) is 11.5 Å². The minimum atomic E-state index is 0.217. The van der Waals surface area contributed by atoms with Gasteiger partial charge in [0.05, 0.1) is 19.8 Å². The van der Waals surface area contributed by atoms with Crippen molar-refractivity contribution in [3.63, 3.8) is 0 Å². The highest BCUT2D eigenvalue weighted by Crippen LogP contribution is 2.32. The topological polar surface area (TPSA) is 64.1 Å². The lowest BCUT2D eigenvalue weighted by Crippen LogP contribution is -2.51. The third-order valence-electron chi connectivity index (χ3n) is 3.78. The van der Waals surface area contributed by atoms with Crippen molar-refractivity contribution in [2.75, 3.05) is 33.1 Å². The summed E-state index contributed by atoms with van der Waals surface area (Å²) in [4.78, 5) is 4.63. The van der Waals surface area contributed by atoms with Crippen molar-refractivity contribution < 1.29 is 14.2 Å². The first kappa shape index (κ1) is 15.0. The molecule has 0 atom stereocenters. The number of rotatable bonds is 5. The van der Waals surface area contributed by atoms with E-state index in [0.717, 1.165) is 49.3 Å². The van der Waals surface area contributed by atoms with Gasteiger partial charge in [0, 0.05) is 18.5 Å². The normalized spacial score (nSPS) is 18.7. The molecule has 0 unspecified atom stereocenters. The van der Waals surface area contributed by atoms with Gasteiger partial charge in [0.25, 0.3) is 0 Å². The van der Waals surface area contributed by atoms with E-state index < -0.39 is 0 Å². The number of aliphatic imine (C=N–C) groups is 1. The van der Waals surface area contributed by atoms with Crippen molar-refractivity contribution in [1.82, 2.24) is 10.6 Å². The van der Waals surface area contributed by atoms with Gasteiger partial charge in [-0.3, -0.25) is 0 Å². The molecule has 120 valence electrons. The lowest BCUT2D eigenvalue weighted by atomic mass is 9.89. The summed E-state index contributed by atoms with van der Waals surface area (Å²) < 4.78 is 16.0. The summed E-state index contributed by atoms with van der Waals surface area (Å²) in [6.07, 6.45) is 0. The Hall–Kier alpha value is -1.95. The molecule has 2 heterocycles. The van der Waals surface area contributed by atoms with Crippen LogP contribution in [0.4, 0.5) is 0 Å². The molecule has 0 amide bonds. The van der Waals surface area contributed by atoms with Crippen molar-refractivity contribution in [3.8, 4) is 11.5 Å².